The Morgan fingerprint density at radius 1 is 0.485 bits per heavy atom. The number of rotatable bonds is 13. The summed E-state index contributed by atoms with van der Waals surface area (Å²) in [7, 11) is 0. The summed E-state index contributed by atoms with van der Waals surface area (Å²) in [5.41, 5.74) is 22.0. The van der Waals surface area contributed by atoms with Gasteiger partial charge in [-0.25, -0.2) is 0 Å². The number of benzene rings is 10. The number of anilines is 2. The molecule has 2 unspecified atom stereocenters. The Morgan fingerprint density at radius 2 is 1.05 bits per heavy atom. The molecular formula is C63H51N3. The first-order valence-electron chi connectivity index (χ1n) is 22.7. The number of fused-ring (bicyclic) bond motifs is 3. The maximum absolute atomic E-state index is 7.19. The van der Waals surface area contributed by atoms with Gasteiger partial charge in [0.1, 0.15) is 0 Å². The van der Waals surface area contributed by atoms with Crippen molar-refractivity contribution >= 4 is 43.7 Å². The predicted molar refractivity (Wildman–Crippen MR) is 283 cm³/mol. The third-order valence-corrected chi connectivity index (χ3v) is 12.7. The van der Waals surface area contributed by atoms with Crippen molar-refractivity contribution in [2.24, 2.45) is 5.73 Å². The molecule has 3 heteroatoms. The van der Waals surface area contributed by atoms with Crippen LogP contribution in [0.3, 0.4) is 0 Å². The highest BCUT2D eigenvalue weighted by molar-refractivity contribution is 6.16. The van der Waals surface area contributed by atoms with E-state index in [1.165, 1.54) is 60.5 Å². The molecule has 0 heterocycles. The molecule has 0 aliphatic carbocycles. The number of hydrogen-bond donors (Lipinski definition) is 3. The Morgan fingerprint density at radius 3 is 1.71 bits per heavy atom. The number of allylic oxidation sites excluding steroid dienone is 4. The second kappa shape index (κ2) is 18.9. The van der Waals surface area contributed by atoms with Gasteiger partial charge in [-0.15, -0.1) is 0 Å². The Kier molecular flexibility index (Phi) is 12.0. The van der Waals surface area contributed by atoms with Crippen molar-refractivity contribution in [3.8, 4) is 44.5 Å². The van der Waals surface area contributed by atoms with Gasteiger partial charge in [0.05, 0.1) is 12.2 Å². The van der Waals surface area contributed by atoms with E-state index >= 15 is 0 Å². The largest absolute Gasteiger partial charge is 0.355 e. The van der Waals surface area contributed by atoms with Gasteiger partial charge in [0.15, 0.2) is 0 Å². The van der Waals surface area contributed by atoms with Gasteiger partial charge in [-0.3, -0.25) is 5.32 Å². The molecule has 0 saturated heterocycles. The molecule has 0 amide bonds. The van der Waals surface area contributed by atoms with Crippen molar-refractivity contribution in [2.45, 2.75) is 19.1 Å². The summed E-state index contributed by atoms with van der Waals surface area (Å²) in [6, 6.07) is 78.1. The fourth-order valence-corrected chi connectivity index (χ4v) is 9.46. The molecule has 0 fully saturated rings. The van der Waals surface area contributed by atoms with Crippen LogP contribution >= 0.6 is 0 Å². The highest BCUT2D eigenvalue weighted by Crippen LogP contribution is 2.46. The minimum absolute atomic E-state index is 0.126. The van der Waals surface area contributed by atoms with E-state index in [1.807, 2.05) is 18.2 Å². The zero-order valence-corrected chi connectivity index (χ0v) is 37.0. The average molecular weight is 850 g/mol. The second-order valence-electron chi connectivity index (χ2n) is 16.8. The lowest BCUT2D eigenvalue weighted by Crippen LogP contribution is -2.33. The zero-order valence-electron chi connectivity index (χ0n) is 37.0. The van der Waals surface area contributed by atoms with E-state index in [-0.39, 0.29) is 6.04 Å². The topological polar surface area (TPSA) is 50.1 Å². The highest BCUT2D eigenvalue weighted by atomic mass is 15.1. The maximum Gasteiger partial charge on any atom is 0.0823 e. The van der Waals surface area contributed by atoms with Gasteiger partial charge in [-0.1, -0.05) is 237 Å². The fraction of sp³-hybridized carbons (Fsp3) is 0.0476. The van der Waals surface area contributed by atoms with Crippen LogP contribution in [0.5, 0.6) is 0 Å². The van der Waals surface area contributed by atoms with Crippen LogP contribution in [-0.2, 0) is 0 Å². The van der Waals surface area contributed by atoms with Crippen molar-refractivity contribution in [2.75, 3.05) is 5.32 Å². The summed E-state index contributed by atoms with van der Waals surface area (Å²) >= 11 is 0. The lowest BCUT2D eigenvalue weighted by atomic mass is 9.86. The maximum atomic E-state index is 7.19. The normalized spacial score (nSPS) is 12.7. The predicted octanol–water partition coefficient (Wildman–Crippen LogP) is 16.5. The molecular weight excluding hydrogens is 799 g/mol. The first-order valence-corrected chi connectivity index (χ1v) is 22.7. The van der Waals surface area contributed by atoms with Crippen LogP contribution in [0, 0.1) is 0 Å². The van der Waals surface area contributed by atoms with Crippen LogP contribution < -0.4 is 16.4 Å². The monoisotopic (exact) mass is 849 g/mol. The first-order chi connectivity index (χ1) is 32.5. The molecule has 2 atom stereocenters. The van der Waals surface area contributed by atoms with Crippen molar-refractivity contribution in [1.82, 2.24) is 5.32 Å². The van der Waals surface area contributed by atoms with Gasteiger partial charge >= 0.3 is 0 Å². The molecule has 0 aromatic heterocycles. The number of nitrogens with one attached hydrogen (secondary N) is 2. The van der Waals surface area contributed by atoms with Crippen molar-refractivity contribution in [3.05, 3.63) is 266 Å². The molecule has 4 N–H and O–H groups in total. The molecule has 0 radical (unpaired) electrons. The number of nitrogens with two attached hydrogens (primary N) is 1. The first kappa shape index (κ1) is 41.9. The Hall–Kier alpha value is -8.08. The average Bonchev–Trinajstić information content (AvgIpc) is 3.38. The molecule has 0 aliphatic rings. The van der Waals surface area contributed by atoms with Crippen molar-refractivity contribution < 1.29 is 0 Å². The lowest BCUT2D eigenvalue weighted by Gasteiger charge is -2.26. The van der Waals surface area contributed by atoms with Crippen LogP contribution in [0.25, 0.3) is 76.8 Å². The van der Waals surface area contributed by atoms with Gasteiger partial charge < -0.3 is 11.1 Å². The fourth-order valence-electron chi connectivity index (χ4n) is 9.46. The standard InChI is InChI=1S/C63H51N3/c1-3-4-8-20-43(2)62(48-35-33-45(34-36-48)44-21-9-5-10-22-44)66-63(64)58-32-19-27-49-41-50(37-38-52(49)58)65-60-42-59(47-25-13-7-14-26-47)55-30-17-18-31-56(55)61(60)57-40-39-51(46-23-11-6-12-24-46)53-28-15-16-29-54(53)57/h3-42,62-63,65-66H,1,64H2,2H3/b8-4-,43-20+. The van der Waals surface area contributed by atoms with Crippen LogP contribution in [0.15, 0.2) is 255 Å². The minimum atomic E-state index is -0.453. The third-order valence-electron chi connectivity index (χ3n) is 12.7. The summed E-state index contributed by atoms with van der Waals surface area (Å²) in [4.78, 5) is 0. The molecule has 66 heavy (non-hydrogen) atoms. The molecule has 10 aromatic carbocycles. The van der Waals surface area contributed by atoms with E-state index in [9.17, 15) is 0 Å². The van der Waals surface area contributed by atoms with Gasteiger partial charge in [0.2, 0.25) is 0 Å². The zero-order chi connectivity index (χ0) is 44.8. The summed E-state index contributed by atoms with van der Waals surface area (Å²) in [5.74, 6) is 0. The molecule has 0 spiro atoms. The molecule has 10 rings (SSSR count). The quantitative estimate of drug-likeness (QED) is 0.0800. The van der Waals surface area contributed by atoms with Crippen molar-refractivity contribution in [1.29, 1.82) is 0 Å². The van der Waals surface area contributed by atoms with Gasteiger partial charge in [0, 0.05) is 16.9 Å². The molecule has 10 aromatic rings. The summed E-state index contributed by atoms with van der Waals surface area (Å²) in [6.45, 7) is 6.01. The minimum Gasteiger partial charge on any atom is -0.355 e. The van der Waals surface area contributed by atoms with Gasteiger partial charge in [-0.05, 0) is 108 Å². The molecule has 0 saturated carbocycles. The Labute approximate surface area is 387 Å². The third kappa shape index (κ3) is 8.49. The van der Waals surface area contributed by atoms with E-state index < -0.39 is 6.17 Å². The van der Waals surface area contributed by atoms with E-state index in [1.54, 1.807) is 6.08 Å². The molecule has 3 nitrogen and oxygen atoms in total. The SMILES string of the molecule is C=C/C=C\C=C(/C)C(NC(N)c1cccc2cc(Nc3cc(-c4ccccc4)c4ccccc4c3-c3ccc(-c4ccccc4)c4ccccc34)ccc12)c1ccc(-c2ccccc2)cc1. The van der Waals surface area contributed by atoms with Crippen LogP contribution in [-0.4, -0.2) is 0 Å². The van der Waals surface area contributed by atoms with Crippen LogP contribution in [0.4, 0.5) is 11.4 Å². The molecule has 0 aliphatic heterocycles. The van der Waals surface area contributed by atoms with E-state index in [4.69, 9.17) is 5.73 Å². The van der Waals surface area contributed by atoms with Gasteiger partial charge in [0.25, 0.3) is 0 Å². The Balaban J connectivity index is 1.05. The summed E-state index contributed by atoms with van der Waals surface area (Å²) in [6.07, 6.45) is 7.44. The van der Waals surface area contributed by atoms with Gasteiger partial charge in [-0.2, -0.15) is 0 Å². The summed E-state index contributed by atoms with van der Waals surface area (Å²) < 4.78 is 0. The van der Waals surface area contributed by atoms with E-state index in [0.29, 0.717) is 0 Å². The Bertz CT molecular complexity index is 3390. The highest BCUT2D eigenvalue weighted by Gasteiger charge is 2.21. The number of hydrogen-bond acceptors (Lipinski definition) is 3. The molecule has 0 bridgehead atoms. The van der Waals surface area contributed by atoms with Crippen LogP contribution in [0.2, 0.25) is 0 Å². The van der Waals surface area contributed by atoms with E-state index in [0.717, 1.165) is 44.4 Å². The van der Waals surface area contributed by atoms with Crippen molar-refractivity contribution in [3.63, 3.8) is 0 Å². The second-order valence-corrected chi connectivity index (χ2v) is 16.8. The summed E-state index contributed by atoms with van der Waals surface area (Å²) in [5, 5.41) is 14.8. The lowest BCUT2D eigenvalue weighted by molar-refractivity contribution is 0.495. The van der Waals surface area contributed by atoms with E-state index in [2.05, 4.69) is 243 Å². The molecule has 318 valence electrons. The van der Waals surface area contributed by atoms with Crippen LogP contribution in [0.1, 0.15) is 30.3 Å². The smallest absolute Gasteiger partial charge is 0.0823 e.